The predicted octanol–water partition coefficient (Wildman–Crippen LogP) is 4.51. The molecule has 218 valence electrons. The molecule has 0 aromatic heterocycles. The Bertz CT molecular complexity index is 1660. The summed E-state index contributed by atoms with van der Waals surface area (Å²) in [4.78, 5) is 50.2. The van der Waals surface area contributed by atoms with Crippen LogP contribution >= 0.6 is 0 Å². The number of methoxy groups -OCH3 is 4. The molecule has 0 saturated carbocycles. The summed E-state index contributed by atoms with van der Waals surface area (Å²) in [6.45, 7) is 2.22. The maximum absolute atomic E-state index is 13.0. The van der Waals surface area contributed by atoms with Crippen molar-refractivity contribution in [2.24, 2.45) is 0 Å². The van der Waals surface area contributed by atoms with Crippen molar-refractivity contribution in [1.82, 2.24) is 0 Å². The minimum Gasteiger partial charge on any atom is -0.506 e. The minimum atomic E-state index is -1.06. The highest BCUT2D eigenvalue weighted by Gasteiger charge is 2.34. The van der Waals surface area contributed by atoms with Gasteiger partial charge in [0.1, 0.15) is 34.1 Å². The Morgan fingerprint density at radius 3 is 1.21 bits per heavy atom. The zero-order valence-corrected chi connectivity index (χ0v) is 23.4. The molecule has 0 spiro atoms. The Morgan fingerprint density at radius 1 is 0.571 bits per heavy atom. The van der Waals surface area contributed by atoms with Gasteiger partial charge in [0.25, 0.3) is 0 Å². The summed E-state index contributed by atoms with van der Waals surface area (Å²) in [5.41, 5.74) is -1.35. The third kappa shape index (κ3) is 4.94. The van der Waals surface area contributed by atoms with Crippen molar-refractivity contribution in [1.29, 1.82) is 0 Å². The SMILES string of the molecule is COC(=O)c1c(O)c(-c2c(O)c(C(=O)OC)c(OC(C)=O)c3cc(OC)ccc23)c2ccc(OC)cc2c1OC(C)=O. The van der Waals surface area contributed by atoms with Gasteiger partial charge in [0.05, 0.1) is 28.4 Å². The van der Waals surface area contributed by atoms with E-state index in [0.717, 1.165) is 28.1 Å². The van der Waals surface area contributed by atoms with Crippen LogP contribution in [0.1, 0.15) is 34.6 Å². The van der Waals surface area contributed by atoms with Crippen molar-refractivity contribution in [2.75, 3.05) is 28.4 Å². The maximum atomic E-state index is 13.0. The van der Waals surface area contributed by atoms with Crippen LogP contribution in [0.25, 0.3) is 32.7 Å². The van der Waals surface area contributed by atoms with E-state index in [4.69, 9.17) is 28.4 Å². The normalized spacial score (nSPS) is 10.7. The number of carbonyl (C=O) groups excluding carboxylic acids is 4. The van der Waals surface area contributed by atoms with Crippen LogP contribution in [0.4, 0.5) is 0 Å². The molecule has 0 saturated heterocycles. The van der Waals surface area contributed by atoms with Crippen molar-refractivity contribution in [3.05, 3.63) is 47.5 Å². The van der Waals surface area contributed by atoms with Crippen LogP contribution in [0, 0.1) is 0 Å². The van der Waals surface area contributed by atoms with Crippen LogP contribution in [-0.2, 0) is 19.1 Å². The first-order chi connectivity index (χ1) is 20.0. The fourth-order valence-electron chi connectivity index (χ4n) is 4.69. The molecule has 0 heterocycles. The molecule has 0 aliphatic carbocycles. The van der Waals surface area contributed by atoms with E-state index in [1.54, 1.807) is 0 Å². The molecule has 0 fully saturated rings. The largest absolute Gasteiger partial charge is 0.506 e. The van der Waals surface area contributed by atoms with Gasteiger partial charge in [0, 0.05) is 35.7 Å². The summed E-state index contributed by atoms with van der Waals surface area (Å²) in [7, 11) is 4.94. The monoisotopic (exact) mass is 578 g/mol. The summed E-state index contributed by atoms with van der Waals surface area (Å²) >= 11 is 0. The van der Waals surface area contributed by atoms with Gasteiger partial charge in [-0.05, 0) is 47.2 Å². The van der Waals surface area contributed by atoms with Crippen molar-refractivity contribution >= 4 is 45.4 Å². The lowest BCUT2D eigenvalue weighted by molar-refractivity contribution is -0.132. The average Bonchev–Trinajstić information content (AvgIpc) is 2.96. The van der Waals surface area contributed by atoms with Gasteiger partial charge in [-0.2, -0.15) is 0 Å². The minimum absolute atomic E-state index is 0.127. The van der Waals surface area contributed by atoms with Crippen LogP contribution < -0.4 is 18.9 Å². The molecule has 4 aromatic carbocycles. The van der Waals surface area contributed by atoms with Gasteiger partial charge in [-0.15, -0.1) is 0 Å². The van der Waals surface area contributed by atoms with Gasteiger partial charge >= 0.3 is 23.9 Å². The van der Waals surface area contributed by atoms with E-state index in [9.17, 15) is 29.4 Å². The Balaban J connectivity index is 2.35. The number of hydrogen-bond acceptors (Lipinski definition) is 12. The van der Waals surface area contributed by atoms with Gasteiger partial charge in [-0.25, -0.2) is 9.59 Å². The molecule has 0 radical (unpaired) electrons. The summed E-state index contributed by atoms with van der Waals surface area (Å²) in [5.74, 6) is -5.22. The highest BCUT2D eigenvalue weighted by atomic mass is 16.6. The summed E-state index contributed by atoms with van der Waals surface area (Å²) < 4.78 is 31.2. The maximum Gasteiger partial charge on any atom is 0.345 e. The van der Waals surface area contributed by atoms with Crippen LogP contribution in [-0.4, -0.2) is 62.5 Å². The quantitative estimate of drug-likeness (QED) is 0.233. The first-order valence-corrected chi connectivity index (χ1v) is 12.3. The van der Waals surface area contributed by atoms with Crippen molar-refractivity contribution < 1.29 is 57.8 Å². The highest BCUT2D eigenvalue weighted by molar-refractivity contribution is 6.20. The van der Waals surface area contributed by atoms with Gasteiger partial charge in [-0.3, -0.25) is 9.59 Å². The van der Waals surface area contributed by atoms with E-state index in [-0.39, 0.29) is 44.2 Å². The number of hydrogen-bond donors (Lipinski definition) is 2. The van der Waals surface area contributed by atoms with E-state index in [2.05, 4.69) is 0 Å². The van der Waals surface area contributed by atoms with Gasteiger partial charge < -0.3 is 38.6 Å². The molecule has 12 heteroatoms. The lowest BCUT2D eigenvalue weighted by Gasteiger charge is -2.22. The molecule has 4 rings (SSSR count). The second-order valence-electron chi connectivity index (χ2n) is 8.85. The smallest absolute Gasteiger partial charge is 0.345 e. The third-order valence-corrected chi connectivity index (χ3v) is 6.40. The molecule has 0 unspecified atom stereocenters. The zero-order valence-electron chi connectivity index (χ0n) is 23.4. The van der Waals surface area contributed by atoms with Gasteiger partial charge in [0.15, 0.2) is 11.5 Å². The molecule has 0 aliphatic rings. The second kappa shape index (κ2) is 11.5. The first-order valence-electron chi connectivity index (χ1n) is 12.3. The van der Waals surface area contributed by atoms with Crippen LogP contribution in [0.3, 0.4) is 0 Å². The van der Waals surface area contributed by atoms with E-state index >= 15 is 0 Å². The standard InChI is InChI=1S/C30H26O12/c1-13(31)41-27-19-11-15(37-3)7-9-17(19)21(25(33)23(27)29(35)39-5)22-18-10-8-16(38-4)12-20(18)28(42-14(2)32)24(26(22)34)30(36)40-6/h7-12,33-34H,1-6H3. The van der Waals surface area contributed by atoms with Gasteiger partial charge in [-0.1, -0.05) is 0 Å². The van der Waals surface area contributed by atoms with Crippen molar-refractivity contribution in [3.8, 4) is 45.6 Å². The fraction of sp³-hybridized carbons (Fsp3) is 0.200. The molecular weight excluding hydrogens is 552 g/mol. The van der Waals surface area contributed by atoms with Crippen molar-refractivity contribution in [2.45, 2.75) is 13.8 Å². The predicted molar refractivity (Wildman–Crippen MR) is 149 cm³/mol. The summed E-state index contributed by atoms with van der Waals surface area (Å²) in [6, 6.07) is 9.00. The lowest BCUT2D eigenvalue weighted by atomic mass is 9.87. The molecule has 4 aromatic rings. The Kier molecular flexibility index (Phi) is 8.09. The van der Waals surface area contributed by atoms with E-state index in [1.807, 2.05) is 0 Å². The Morgan fingerprint density at radius 2 is 0.929 bits per heavy atom. The second-order valence-corrected chi connectivity index (χ2v) is 8.85. The van der Waals surface area contributed by atoms with Crippen LogP contribution in [0.2, 0.25) is 0 Å². The molecule has 0 bridgehead atoms. The number of phenolic OH excluding ortho intramolecular Hbond substituents is 2. The highest BCUT2D eigenvalue weighted by Crippen LogP contribution is 2.54. The Labute approximate surface area is 238 Å². The van der Waals surface area contributed by atoms with E-state index < -0.39 is 46.5 Å². The van der Waals surface area contributed by atoms with E-state index in [0.29, 0.717) is 11.5 Å². The third-order valence-electron chi connectivity index (χ3n) is 6.40. The number of esters is 4. The topological polar surface area (TPSA) is 164 Å². The van der Waals surface area contributed by atoms with Gasteiger partial charge in [0.2, 0.25) is 0 Å². The molecule has 42 heavy (non-hydrogen) atoms. The fourth-order valence-corrected chi connectivity index (χ4v) is 4.69. The number of ether oxygens (including phenoxy) is 6. The molecular formula is C30H26O12. The first kappa shape index (κ1) is 29.5. The number of rotatable bonds is 7. The summed E-state index contributed by atoms with van der Waals surface area (Å²) in [6.07, 6.45) is 0. The number of aromatic hydroxyl groups is 2. The number of benzene rings is 4. The number of fused-ring (bicyclic) bond motifs is 2. The van der Waals surface area contributed by atoms with Crippen LogP contribution in [0.5, 0.6) is 34.5 Å². The summed E-state index contributed by atoms with van der Waals surface area (Å²) in [5, 5.41) is 24.0. The molecule has 0 amide bonds. The molecule has 2 N–H and O–H groups in total. The molecule has 0 atom stereocenters. The molecule has 0 aliphatic heterocycles. The molecule has 12 nitrogen and oxygen atoms in total. The Hall–Kier alpha value is -5.52. The number of phenols is 2. The van der Waals surface area contributed by atoms with Crippen LogP contribution in [0.15, 0.2) is 36.4 Å². The lowest BCUT2D eigenvalue weighted by Crippen LogP contribution is -2.12. The average molecular weight is 579 g/mol. The van der Waals surface area contributed by atoms with Crippen molar-refractivity contribution in [3.63, 3.8) is 0 Å². The number of carbonyl (C=O) groups is 4. The van der Waals surface area contributed by atoms with E-state index in [1.165, 1.54) is 50.6 Å². The zero-order chi connectivity index (χ0) is 30.9.